The highest BCUT2D eigenvalue weighted by Gasteiger charge is 2.26. The van der Waals surface area contributed by atoms with Crippen molar-refractivity contribution in [1.29, 1.82) is 0 Å². The van der Waals surface area contributed by atoms with E-state index in [4.69, 9.17) is 4.74 Å². The molecule has 0 atom stereocenters. The molecule has 3 heterocycles. The van der Waals surface area contributed by atoms with Gasteiger partial charge in [0.25, 0.3) is 5.91 Å². The maximum atomic E-state index is 12.9. The van der Waals surface area contributed by atoms with Gasteiger partial charge in [-0.15, -0.1) is 11.3 Å². The van der Waals surface area contributed by atoms with Crippen LogP contribution in [0.4, 0.5) is 10.8 Å². The Morgan fingerprint density at radius 3 is 2.40 bits per heavy atom. The number of anilines is 2. The number of hydrogen-bond acceptors (Lipinski definition) is 7. The molecule has 1 amide bonds. The number of benzene rings is 1. The molecule has 162 valence electrons. The van der Waals surface area contributed by atoms with Crippen molar-refractivity contribution < 1.29 is 9.53 Å². The zero-order valence-corrected chi connectivity index (χ0v) is 18.9. The Morgan fingerprint density at radius 1 is 1.03 bits per heavy atom. The second-order valence-corrected chi connectivity index (χ2v) is 8.95. The molecule has 30 heavy (non-hydrogen) atoms. The van der Waals surface area contributed by atoms with Gasteiger partial charge in [0.05, 0.1) is 7.11 Å². The number of methoxy groups -OCH3 is 1. The van der Waals surface area contributed by atoms with Crippen LogP contribution in [0.5, 0.6) is 5.75 Å². The van der Waals surface area contributed by atoms with Crippen LogP contribution in [0.1, 0.15) is 24.3 Å². The van der Waals surface area contributed by atoms with E-state index in [1.807, 2.05) is 22.4 Å². The van der Waals surface area contributed by atoms with Crippen molar-refractivity contribution in [1.82, 2.24) is 14.8 Å². The Balaban J connectivity index is 1.33. The summed E-state index contributed by atoms with van der Waals surface area (Å²) in [5, 5.41) is 2.87. The minimum Gasteiger partial charge on any atom is -0.497 e. The van der Waals surface area contributed by atoms with E-state index in [1.54, 1.807) is 18.4 Å². The van der Waals surface area contributed by atoms with Crippen LogP contribution in [0.15, 0.2) is 29.6 Å². The zero-order valence-electron chi connectivity index (χ0n) is 18.1. The Kier molecular flexibility index (Phi) is 6.43. The molecule has 2 aliphatic rings. The minimum atomic E-state index is 0.0657. The quantitative estimate of drug-likeness (QED) is 0.728. The monoisotopic (exact) mass is 429 g/mol. The third-order valence-electron chi connectivity index (χ3n) is 6.01. The molecule has 7 nitrogen and oxygen atoms in total. The third-order valence-corrected chi connectivity index (χ3v) is 6.91. The Hall–Kier alpha value is -2.32. The van der Waals surface area contributed by atoms with Gasteiger partial charge in [-0.05, 0) is 26.0 Å². The highest BCUT2D eigenvalue weighted by Crippen LogP contribution is 2.26. The molecule has 0 saturated carbocycles. The van der Waals surface area contributed by atoms with E-state index in [-0.39, 0.29) is 5.91 Å². The maximum Gasteiger partial charge on any atom is 0.273 e. The molecule has 8 heteroatoms. The normalized spacial score (nSPS) is 18.2. The minimum absolute atomic E-state index is 0.0657. The summed E-state index contributed by atoms with van der Waals surface area (Å²) < 4.78 is 5.34. The van der Waals surface area contributed by atoms with E-state index >= 15 is 0 Å². The van der Waals surface area contributed by atoms with E-state index in [9.17, 15) is 4.79 Å². The fourth-order valence-corrected chi connectivity index (χ4v) is 4.93. The molecule has 2 saturated heterocycles. The molecular formula is C22H31N5O2S. The Bertz CT molecular complexity index is 855. The summed E-state index contributed by atoms with van der Waals surface area (Å²) in [5.41, 5.74) is 1.77. The lowest BCUT2D eigenvalue weighted by atomic mass is 10.2. The van der Waals surface area contributed by atoms with Crippen LogP contribution in [0, 0.1) is 0 Å². The fraction of sp³-hybridized carbons (Fsp3) is 0.545. The lowest BCUT2D eigenvalue weighted by Gasteiger charge is -2.36. The van der Waals surface area contributed by atoms with Gasteiger partial charge in [0.15, 0.2) is 5.13 Å². The topological polar surface area (TPSA) is 52.2 Å². The van der Waals surface area contributed by atoms with Crippen molar-refractivity contribution in [3.8, 4) is 5.75 Å². The number of carbonyl (C=O) groups excluding carboxylic acids is 1. The van der Waals surface area contributed by atoms with Gasteiger partial charge >= 0.3 is 0 Å². The number of carbonyl (C=O) groups is 1. The number of rotatable bonds is 5. The van der Waals surface area contributed by atoms with Crippen molar-refractivity contribution in [3.63, 3.8) is 0 Å². The van der Waals surface area contributed by atoms with Crippen molar-refractivity contribution in [2.75, 3.05) is 69.3 Å². The molecule has 4 rings (SSSR count). The number of hydrogen-bond donors (Lipinski definition) is 0. The van der Waals surface area contributed by atoms with Crippen molar-refractivity contribution >= 4 is 28.1 Å². The van der Waals surface area contributed by atoms with Gasteiger partial charge in [0.1, 0.15) is 11.4 Å². The smallest absolute Gasteiger partial charge is 0.273 e. The molecular weight excluding hydrogens is 398 g/mol. The summed E-state index contributed by atoms with van der Waals surface area (Å²) >= 11 is 1.58. The van der Waals surface area contributed by atoms with Crippen LogP contribution >= 0.6 is 11.3 Å². The Labute approximate surface area is 182 Å². The van der Waals surface area contributed by atoms with Crippen LogP contribution in [0.2, 0.25) is 0 Å². The van der Waals surface area contributed by atoms with Crippen molar-refractivity contribution in [2.24, 2.45) is 0 Å². The van der Waals surface area contributed by atoms with E-state index < -0.39 is 0 Å². The van der Waals surface area contributed by atoms with Gasteiger partial charge in [-0.2, -0.15) is 0 Å². The third kappa shape index (κ3) is 4.54. The second-order valence-electron chi connectivity index (χ2n) is 8.11. The average Bonchev–Trinajstić information content (AvgIpc) is 3.29. The standard InChI is InChI=1S/C22H31N5O2S/c1-17(2)24-7-11-26(12-8-24)21(28)20-16-30-22(23-20)27-13-9-25(10-14-27)18-5-4-6-19(15-18)29-3/h4-6,15-17H,7-14H2,1-3H3. The molecule has 2 aliphatic heterocycles. The first-order valence-electron chi connectivity index (χ1n) is 10.7. The highest BCUT2D eigenvalue weighted by molar-refractivity contribution is 7.13. The van der Waals surface area contributed by atoms with Gasteiger partial charge in [-0.3, -0.25) is 9.69 Å². The number of piperazine rings is 2. The second kappa shape index (κ2) is 9.22. The summed E-state index contributed by atoms with van der Waals surface area (Å²) in [5.74, 6) is 0.947. The van der Waals surface area contributed by atoms with E-state index in [2.05, 4.69) is 45.7 Å². The maximum absolute atomic E-state index is 12.9. The van der Waals surface area contributed by atoms with Gasteiger partial charge in [0.2, 0.25) is 0 Å². The predicted molar refractivity (Wildman–Crippen MR) is 122 cm³/mol. The van der Waals surface area contributed by atoms with Gasteiger partial charge < -0.3 is 19.4 Å². The molecule has 2 fully saturated rings. The van der Waals surface area contributed by atoms with E-state index in [0.29, 0.717) is 11.7 Å². The number of thiazole rings is 1. The SMILES string of the molecule is COc1cccc(N2CCN(c3nc(C(=O)N4CCN(C(C)C)CC4)cs3)CC2)c1. The van der Waals surface area contributed by atoms with Gasteiger partial charge in [-0.25, -0.2) is 4.98 Å². The summed E-state index contributed by atoms with van der Waals surface area (Å²) in [7, 11) is 1.70. The lowest BCUT2D eigenvalue weighted by molar-refractivity contribution is 0.0591. The summed E-state index contributed by atoms with van der Waals surface area (Å²) in [4.78, 5) is 26.6. The number of aromatic nitrogens is 1. The molecule has 0 unspecified atom stereocenters. The Morgan fingerprint density at radius 2 is 1.73 bits per heavy atom. The molecule has 0 radical (unpaired) electrons. The largest absolute Gasteiger partial charge is 0.497 e. The van der Waals surface area contributed by atoms with Gasteiger partial charge in [-0.1, -0.05) is 6.07 Å². The summed E-state index contributed by atoms with van der Waals surface area (Å²) in [6, 6.07) is 8.73. The summed E-state index contributed by atoms with van der Waals surface area (Å²) in [6.07, 6.45) is 0. The molecule has 0 spiro atoms. The molecule has 2 aromatic rings. The molecule has 0 aliphatic carbocycles. The fourth-order valence-electron chi connectivity index (χ4n) is 4.07. The molecule has 1 aromatic carbocycles. The van der Waals surface area contributed by atoms with Crippen LogP contribution in [-0.4, -0.2) is 86.2 Å². The predicted octanol–water partition coefficient (Wildman–Crippen LogP) is 2.64. The van der Waals surface area contributed by atoms with Crippen LogP contribution in [0.25, 0.3) is 0 Å². The molecule has 0 N–H and O–H groups in total. The lowest BCUT2D eigenvalue weighted by Crippen LogP contribution is -2.50. The van der Waals surface area contributed by atoms with Crippen molar-refractivity contribution in [2.45, 2.75) is 19.9 Å². The number of ether oxygens (including phenoxy) is 1. The first-order valence-corrected chi connectivity index (χ1v) is 11.6. The molecule has 0 bridgehead atoms. The highest BCUT2D eigenvalue weighted by atomic mass is 32.1. The van der Waals surface area contributed by atoms with Crippen molar-refractivity contribution in [3.05, 3.63) is 35.3 Å². The number of amides is 1. The van der Waals surface area contributed by atoms with Crippen LogP contribution in [0.3, 0.4) is 0 Å². The first-order chi connectivity index (χ1) is 14.5. The van der Waals surface area contributed by atoms with Crippen LogP contribution < -0.4 is 14.5 Å². The number of nitrogens with zero attached hydrogens (tertiary/aromatic N) is 5. The van der Waals surface area contributed by atoms with E-state index in [1.165, 1.54) is 5.69 Å². The zero-order chi connectivity index (χ0) is 21.1. The van der Waals surface area contributed by atoms with Gasteiger partial charge in [0, 0.05) is 75.5 Å². The first kappa shape index (κ1) is 20.9. The van der Waals surface area contributed by atoms with E-state index in [0.717, 1.165) is 63.2 Å². The molecule has 1 aromatic heterocycles. The average molecular weight is 430 g/mol. The summed E-state index contributed by atoms with van der Waals surface area (Å²) in [6.45, 7) is 11.5. The van der Waals surface area contributed by atoms with Crippen LogP contribution in [-0.2, 0) is 0 Å².